The van der Waals surface area contributed by atoms with Crippen LogP contribution < -0.4 is 14.2 Å². The van der Waals surface area contributed by atoms with Gasteiger partial charge >= 0.3 is 11.9 Å². The van der Waals surface area contributed by atoms with Crippen LogP contribution in [0.25, 0.3) is 0 Å². The number of piperidine rings is 1. The van der Waals surface area contributed by atoms with E-state index < -0.39 is 11.9 Å². The van der Waals surface area contributed by atoms with Crippen LogP contribution in [-0.4, -0.2) is 67.5 Å². The topological polar surface area (TPSA) is 106 Å². The Balaban J connectivity index is 0.000000765. The first-order valence-corrected chi connectivity index (χ1v) is 14.7. The van der Waals surface area contributed by atoms with Crippen molar-refractivity contribution in [3.63, 3.8) is 0 Å². The maximum atomic E-state index is 9.10. The van der Waals surface area contributed by atoms with Crippen LogP contribution in [0.5, 0.6) is 17.2 Å². The lowest BCUT2D eigenvalue weighted by Gasteiger charge is -2.36. The van der Waals surface area contributed by atoms with Crippen molar-refractivity contribution in [3.8, 4) is 17.2 Å². The normalized spacial score (nSPS) is 14.0. The van der Waals surface area contributed by atoms with E-state index in [-0.39, 0.29) is 5.41 Å². The van der Waals surface area contributed by atoms with Gasteiger partial charge in [-0.05, 0) is 96.8 Å². The molecule has 0 spiro atoms. The molecule has 4 rings (SSSR count). The zero-order valence-electron chi connectivity index (χ0n) is 25.9. The van der Waals surface area contributed by atoms with Crippen molar-refractivity contribution in [1.29, 1.82) is 0 Å². The van der Waals surface area contributed by atoms with Gasteiger partial charge in [0.2, 0.25) is 0 Å². The van der Waals surface area contributed by atoms with Crippen LogP contribution in [0.3, 0.4) is 0 Å². The van der Waals surface area contributed by atoms with Crippen LogP contribution in [0.4, 0.5) is 0 Å². The quantitative estimate of drug-likeness (QED) is 0.204. The molecule has 0 aliphatic carbocycles. The first-order valence-electron chi connectivity index (χ1n) is 14.7. The second-order valence-corrected chi connectivity index (χ2v) is 11.8. The van der Waals surface area contributed by atoms with Crippen molar-refractivity contribution < 1.29 is 34.0 Å². The van der Waals surface area contributed by atoms with E-state index in [0.29, 0.717) is 11.8 Å². The van der Waals surface area contributed by atoms with E-state index in [1.807, 2.05) is 0 Å². The fraction of sp³-hybridized carbons (Fsp3) is 0.429. The highest BCUT2D eigenvalue weighted by atomic mass is 16.5. The highest BCUT2D eigenvalue weighted by molar-refractivity contribution is 6.27. The van der Waals surface area contributed by atoms with Gasteiger partial charge in [-0.2, -0.15) is 0 Å². The van der Waals surface area contributed by atoms with Crippen molar-refractivity contribution in [2.75, 3.05) is 40.5 Å². The number of hydrogen-bond donors (Lipinski definition) is 2. The molecular weight excluding hydrogens is 546 g/mol. The average Bonchev–Trinajstić information content (AvgIpc) is 3.01. The second-order valence-electron chi connectivity index (χ2n) is 11.8. The molecule has 1 aliphatic heterocycles. The Kier molecular flexibility index (Phi) is 12.4. The highest BCUT2D eigenvalue weighted by Gasteiger charge is 2.29. The zero-order valence-corrected chi connectivity index (χ0v) is 25.9. The number of nitrogens with zero attached hydrogens (tertiary/aromatic N) is 1. The Morgan fingerprint density at radius 1 is 0.767 bits per heavy atom. The number of carbonyl (C=O) groups is 2. The van der Waals surface area contributed by atoms with E-state index >= 15 is 0 Å². The molecule has 3 aromatic rings. The van der Waals surface area contributed by atoms with E-state index in [2.05, 4.69) is 98.5 Å². The fourth-order valence-electron chi connectivity index (χ4n) is 5.40. The minimum Gasteiger partial charge on any atom is -0.497 e. The third-order valence-electron chi connectivity index (χ3n) is 7.84. The smallest absolute Gasteiger partial charge is 0.414 e. The molecule has 8 heteroatoms. The summed E-state index contributed by atoms with van der Waals surface area (Å²) in [6.07, 6.45) is 3.43. The van der Waals surface area contributed by atoms with Crippen molar-refractivity contribution >= 4 is 11.9 Å². The molecule has 0 saturated carbocycles. The van der Waals surface area contributed by atoms with Gasteiger partial charge in [-0.1, -0.05) is 57.2 Å². The molecule has 232 valence electrons. The Morgan fingerprint density at radius 3 is 1.60 bits per heavy atom. The molecule has 1 saturated heterocycles. The lowest BCUT2D eigenvalue weighted by molar-refractivity contribution is -0.159. The van der Waals surface area contributed by atoms with Gasteiger partial charge in [-0.3, -0.25) is 0 Å². The second kappa shape index (κ2) is 16.0. The Hall–Kier alpha value is -4.04. The molecule has 1 fully saturated rings. The molecule has 2 N–H and O–H groups in total. The van der Waals surface area contributed by atoms with Crippen molar-refractivity contribution in [2.45, 2.75) is 51.4 Å². The lowest BCUT2D eigenvalue weighted by Crippen LogP contribution is -2.36. The van der Waals surface area contributed by atoms with Crippen LogP contribution in [0, 0.1) is 5.92 Å². The van der Waals surface area contributed by atoms with Gasteiger partial charge in [0.25, 0.3) is 0 Å². The van der Waals surface area contributed by atoms with Crippen LogP contribution in [-0.2, 0) is 15.0 Å². The number of hydrogen-bond acceptors (Lipinski definition) is 6. The van der Waals surface area contributed by atoms with Crippen molar-refractivity contribution in [3.05, 3.63) is 89.5 Å². The van der Waals surface area contributed by atoms with E-state index in [9.17, 15) is 0 Å². The number of carboxylic acid groups (broad SMARTS) is 2. The summed E-state index contributed by atoms with van der Waals surface area (Å²) in [5, 5.41) is 14.8. The van der Waals surface area contributed by atoms with Gasteiger partial charge in [-0.25, -0.2) is 9.59 Å². The van der Waals surface area contributed by atoms with Crippen molar-refractivity contribution in [2.24, 2.45) is 5.92 Å². The van der Waals surface area contributed by atoms with Gasteiger partial charge in [0, 0.05) is 12.5 Å². The standard InChI is InChI=1S/C33H43NO3.C2H2O4/c1-33(2,3)28-11-17-31(18-12-28)37-24-6-21-34-22-19-27(20-23-34)32(25-7-13-29(35-4)14-8-25)26-9-15-30(36-5)16-10-26;3-1(4)2(5)6/h7-18,27,32H,6,19-24H2,1-5H3;(H,3,4)(H,5,6). The lowest BCUT2D eigenvalue weighted by atomic mass is 9.76. The molecule has 1 aliphatic rings. The number of methoxy groups -OCH3 is 2. The third kappa shape index (κ3) is 10.3. The van der Waals surface area contributed by atoms with Crippen molar-refractivity contribution in [1.82, 2.24) is 4.90 Å². The number of rotatable bonds is 10. The van der Waals surface area contributed by atoms with Crippen LogP contribution in [0.2, 0.25) is 0 Å². The monoisotopic (exact) mass is 591 g/mol. The number of carboxylic acids is 2. The van der Waals surface area contributed by atoms with E-state index in [1.54, 1.807) is 14.2 Å². The van der Waals surface area contributed by atoms with E-state index in [1.165, 1.54) is 29.5 Å². The SMILES string of the molecule is COc1ccc(C(c2ccc(OC)cc2)C2CCN(CCCOc3ccc(C(C)(C)C)cc3)CC2)cc1.O=C(O)C(=O)O. The summed E-state index contributed by atoms with van der Waals surface area (Å²) in [6.45, 7) is 10.8. The molecule has 0 amide bonds. The summed E-state index contributed by atoms with van der Waals surface area (Å²) < 4.78 is 16.8. The summed E-state index contributed by atoms with van der Waals surface area (Å²) in [7, 11) is 3.44. The fourth-order valence-corrected chi connectivity index (χ4v) is 5.40. The molecule has 0 aromatic heterocycles. The molecule has 1 heterocycles. The highest BCUT2D eigenvalue weighted by Crippen LogP contribution is 2.39. The first-order chi connectivity index (χ1) is 20.5. The van der Waals surface area contributed by atoms with Gasteiger partial charge < -0.3 is 29.3 Å². The predicted molar refractivity (Wildman–Crippen MR) is 168 cm³/mol. The molecular formula is C35H45NO7. The molecule has 43 heavy (non-hydrogen) atoms. The number of ether oxygens (including phenoxy) is 3. The van der Waals surface area contributed by atoms with Crippen LogP contribution in [0.15, 0.2) is 72.8 Å². The summed E-state index contributed by atoms with van der Waals surface area (Å²) >= 11 is 0. The van der Waals surface area contributed by atoms with Gasteiger partial charge in [0.15, 0.2) is 0 Å². The van der Waals surface area contributed by atoms with Gasteiger partial charge in [0.05, 0.1) is 20.8 Å². The minimum atomic E-state index is -1.82. The summed E-state index contributed by atoms with van der Waals surface area (Å²) in [5.74, 6) is 0.103. The molecule has 8 nitrogen and oxygen atoms in total. The molecule has 3 aromatic carbocycles. The summed E-state index contributed by atoms with van der Waals surface area (Å²) in [4.78, 5) is 20.8. The van der Waals surface area contributed by atoms with Crippen LogP contribution in [0.1, 0.15) is 62.6 Å². The van der Waals surface area contributed by atoms with E-state index in [0.717, 1.165) is 49.9 Å². The Bertz CT molecular complexity index is 1210. The van der Waals surface area contributed by atoms with Crippen LogP contribution >= 0.6 is 0 Å². The predicted octanol–water partition coefficient (Wildman–Crippen LogP) is 6.47. The molecule has 0 radical (unpaired) electrons. The molecule has 0 bridgehead atoms. The minimum absolute atomic E-state index is 0.171. The largest absolute Gasteiger partial charge is 0.497 e. The molecule has 0 unspecified atom stereocenters. The Labute approximate surface area is 255 Å². The first kappa shape index (κ1) is 33.5. The average molecular weight is 592 g/mol. The number of benzene rings is 3. The van der Waals surface area contributed by atoms with E-state index in [4.69, 9.17) is 34.0 Å². The maximum absolute atomic E-state index is 9.10. The maximum Gasteiger partial charge on any atom is 0.414 e. The molecule has 0 atom stereocenters. The third-order valence-corrected chi connectivity index (χ3v) is 7.84. The Morgan fingerprint density at radius 2 is 1.21 bits per heavy atom. The number of likely N-dealkylation sites (tertiary alicyclic amines) is 1. The summed E-state index contributed by atoms with van der Waals surface area (Å²) in [6, 6.07) is 25.8. The number of aliphatic carboxylic acids is 2. The van der Waals surface area contributed by atoms with Gasteiger partial charge in [-0.15, -0.1) is 0 Å². The zero-order chi connectivity index (χ0) is 31.4. The van der Waals surface area contributed by atoms with Gasteiger partial charge in [0.1, 0.15) is 17.2 Å². The summed E-state index contributed by atoms with van der Waals surface area (Å²) in [5.41, 5.74) is 4.22.